The normalized spacial score (nSPS) is 19.5. The number of anilines is 1. The van der Waals surface area contributed by atoms with Gasteiger partial charge in [-0.15, -0.1) is 0 Å². The molecule has 0 bridgehead atoms. The Bertz CT molecular complexity index is 1100. The van der Waals surface area contributed by atoms with Gasteiger partial charge in [-0.1, -0.05) is 30.3 Å². The number of fused-ring (bicyclic) bond motifs is 1. The fourth-order valence-electron chi connectivity index (χ4n) is 3.97. The van der Waals surface area contributed by atoms with E-state index in [-0.39, 0.29) is 35.7 Å². The lowest BCUT2D eigenvalue weighted by molar-refractivity contribution is -0.126. The molecule has 8 nitrogen and oxygen atoms in total. The Balaban J connectivity index is 1.33. The van der Waals surface area contributed by atoms with Crippen LogP contribution in [0.1, 0.15) is 25.3 Å². The second-order valence-electron chi connectivity index (χ2n) is 8.11. The monoisotopic (exact) mass is 457 g/mol. The van der Waals surface area contributed by atoms with Crippen LogP contribution in [-0.4, -0.2) is 50.3 Å². The number of ether oxygens (including phenoxy) is 1. The highest BCUT2D eigenvalue weighted by Gasteiger charge is 2.33. The third-order valence-corrected chi connectivity index (χ3v) is 7.79. The van der Waals surface area contributed by atoms with E-state index < -0.39 is 16.1 Å². The van der Waals surface area contributed by atoms with Gasteiger partial charge < -0.3 is 15.4 Å². The number of hydrogen-bond acceptors (Lipinski definition) is 5. The molecular formula is C23H27N3O5S. The van der Waals surface area contributed by atoms with E-state index in [1.165, 1.54) is 16.4 Å². The van der Waals surface area contributed by atoms with Crippen LogP contribution in [0.25, 0.3) is 0 Å². The van der Waals surface area contributed by atoms with Crippen molar-refractivity contribution in [3.63, 3.8) is 0 Å². The van der Waals surface area contributed by atoms with E-state index in [2.05, 4.69) is 10.6 Å². The number of hydrogen-bond donors (Lipinski definition) is 2. The van der Waals surface area contributed by atoms with Crippen molar-refractivity contribution in [3.8, 4) is 5.75 Å². The third kappa shape index (κ3) is 4.78. The van der Waals surface area contributed by atoms with Gasteiger partial charge in [0, 0.05) is 25.6 Å². The molecule has 0 unspecified atom stereocenters. The quantitative estimate of drug-likeness (QED) is 0.692. The zero-order valence-electron chi connectivity index (χ0n) is 17.9. The Labute approximate surface area is 188 Å². The van der Waals surface area contributed by atoms with Crippen molar-refractivity contribution in [2.45, 2.75) is 37.2 Å². The number of rotatable bonds is 6. The number of benzene rings is 2. The third-order valence-electron chi connectivity index (χ3n) is 5.90. The summed E-state index contributed by atoms with van der Waals surface area (Å²) in [6.07, 6.45) is 1.08. The molecule has 9 heteroatoms. The second-order valence-corrected chi connectivity index (χ2v) is 10.1. The summed E-state index contributed by atoms with van der Waals surface area (Å²) < 4.78 is 33.1. The van der Waals surface area contributed by atoms with E-state index in [4.69, 9.17) is 4.74 Å². The summed E-state index contributed by atoms with van der Waals surface area (Å²) in [6, 6.07) is 14.4. The van der Waals surface area contributed by atoms with Crippen molar-refractivity contribution in [3.05, 3.63) is 54.1 Å². The van der Waals surface area contributed by atoms with Crippen molar-refractivity contribution in [1.29, 1.82) is 0 Å². The maximum Gasteiger partial charge on any atom is 0.265 e. The first kappa shape index (κ1) is 22.3. The molecule has 4 rings (SSSR count). The molecule has 0 aromatic heterocycles. The highest BCUT2D eigenvalue weighted by Crippen LogP contribution is 2.33. The molecule has 0 saturated carbocycles. The highest BCUT2D eigenvalue weighted by atomic mass is 32.2. The van der Waals surface area contributed by atoms with Gasteiger partial charge >= 0.3 is 0 Å². The second kappa shape index (κ2) is 9.30. The molecule has 1 fully saturated rings. The van der Waals surface area contributed by atoms with E-state index in [1.54, 1.807) is 13.0 Å². The van der Waals surface area contributed by atoms with E-state index >= 15 is 0 Å². The summed E-state index contributed by atoms with van der Waals surface area (Å²) in [6.45, 7) is 2.74. The predicted molar refractivity (Wildman–Crippen MR) is 120 cm³/mol. The van der Waals surface area contributed by atoms with Gasteiger partial charge in [0.1, 0.15) is 5.75 Å². The van der Waals surface area contributed by atoms with Gasteiger partial charge in [-0.05, 0) is 49.9 Å². The molecule has 2 aromatic carbocycles. The Kier molecular flexibility index (Phi) is 6.48. The summed E-state index contributed by atoms with van der Waals surface area (Å²) in [7, 11) is -3.73. The Hall–Kier alpha value is -2.91. The van der Waals surface area contributed by atoms with Crippen molar-refractivity contribution < 1.29 is 22.7 Å². The van der Waals surface area contributed by atoms with Crippen LogP contribution in [0.15, 0.2) is 53.4 Å². The molecule has 0 radical (unpaired) electrons. The fraction of sp³-hybridized carbons (Fsp3) is 0.391. The topological polar surface area (TPSA) is 105 Å². The SMILES string of the molecule is C[C@@H]1Oc2ccc(S(=O)(=O)N3CCC(C(=O)NCCc4ccccc4)CC3)cc2NC1=O. The Morgan fingerprint density at radius 3 is 2.59 bits per heavy atom. The van der Waals surface area contributed by atoms with Crippen molar-refractivity contribution in [2.75, 3.05) is 25.0 Å². The summed E-state index contributed by atoms with van der Waals surface area (Å²) in [4.78, 5) is 24.4. The highest BCUT2D eigenvalue weighted by molar-refractivity contribution is 7.89. The van der Waals surface area contributed by atoms with E-state index in [0.717, 1.165) is 12.0 Å². The number of sulfonamides is 1. The van der Waals surface area contributed by atoms with E-state index in [9.17, 15) is 18.0 Å². The van der Waals surface area contributed by atoms with Gasteiger partial charge in [-0.2, -0.15) is 4.31 Å². The number of carbonyl (C=O) groups is 2. The molecule has 2 aliphatic rings. The minimum Gasteiger partial charge on any atom is -0.479 e. The first-order valence-corrected chi connectivity index (χ1v) is 12.2. The summed E-state index contributed by atoms with van der Waals surface area (Å²) in [5.41, 5.74) is 1.51. The number of amides is 2. The Morgan fingerprint density at radius 1 is 1.16 bits per heavy atom. The standard InChI is InChI=1S/C23H27N3O5S/c1-16-22(27)25-20-15-19(7-8-21(20)31-16)32(29,30)26-13-10-18(11-14-26)23(28)24-12-9-17-5-3-2-4-6-17/h2-8,15-16,18H,9-14H2,1H3,(H,24,28)(H,25,27)/t16-/m0/s1. The van der Waals surface area contributed by atoms with Crippen molar-refractivity contribution in [2.24, 2.45) is 5.92 Å². The lowest BCUT2D eigenvalue weighted by atomic mass is 9.97. The smallest absolute Gasteiger partial charge is 0.265 e. The molecular weight excluding hydrogens is 430 g/mol. The zero-order valence-corrected chi connectivity index (χ0v) is 18.7. The summed E-state index contributed by atoms with van der Waals surface area (Å²) in [5, 5.41) is 5.65. The largest absolute Gasteiger partial charge is 0.479 e. The number of nitrogens with one attached hydrogen (secondary N) is 2. The van der Waals surface area contributed by atoms with Crippen LogP contribution in [0.5, 0.6) is 5.75 Å². The number of piperidine rings is 1. The predicted octanol–water partition coefficient (Wildman–Crippen LogP) is 2.17. The number of nitrogens with zero attached hydrogens (tertiary/aromatic N) is 1. The lowest BCUT2D eigenvalue weighted by Gasteiger charge is -2.31. The maximum absolute atomic E-state index is 13.1. The Morgan fingerprint density at radius 2 is 1.88 bits per heavy atom. The van der Waals surface area contributed by atoms with Gasteiger partial charge in [0.2, 0.25) is 15.9 Å². The van der Waals surface area contributed by atoms with Crippen LogP contribution >= 0.6 is 0 Å². The van der Waals surface area contributed by atoms with Gasteiger partial charge in [0.05, 0.1) is 10.6 Å². The van der Waals surface area contributed by atoms with Crippen LogP contribution in [-0.2, 0) is 26.0 Å². The van der Waals surface area contributed by atoms with Crippen LogP contribution in [0.4, 0.5) is 5.69 Å². The van der Waals surface area contributed by atoms with Crippen molar-refractivity contribution >= 4 is 27.5 Å². The molecule has 1 atom stereocenters. The lowest BCUT2D eigenvalue weighted by Crippen LogP contribution is -2.43. The molecule has 2 N–H and O–H groups in total. The molecule has 170 valence electrons. The molecule has 0 aliphatic carbocycles. The fourth-order valence-corrected chi connectivity index (χ4v) is 5.47. The minimum atomic E-state index is -3.73. The first-order chi connectivity index (χ1) is 15.3. The molecule has 1 saturated heterocycles. The van der Waals surface area contributed by atoms with E-state index in [0.29, 0.717) is 30.8 Å². The first-order valence-electron chi connectivity index (χ1n) is 10.8. The summed E-state index contributed by atoms with van der Waals surface area (Å²) >= 11 is 0. The molecule has 2 amide bonds. The average molecular weight is 458 g/mol. The molecule has 32 heavy (non-hydrogen) atoms. The van der Waals surface area contributed by atoms with Crippen LogP contribution in [0, 0.1) is 5.92 Å². The molecule has 2 aliphatic heterocycles. The summed E-state index contributed by atoms with van der Waals surface area (Å²) in [5.74, 6) is -0.0938. The number of carbonyl (C=O) groups excluding carboxylic acids is 2. The van der Waals surface area contributed by atoms with Gasteiger partial charge in [0.25, 0.3) is 5.91 Å². The van der Waals surface area contributed by atoms with Crippen LogP contribution in [0.3, 0.4) is 0 Å². The molecule has 0 spiro atoms. The molecule has 2 aromatic rings. The van der Waals surface area contributed by atoms with Crippen LogP contribution < -0.4 is 15.4 Å². The van der Waals surface area contributed by atoms with E-state index in [1.807, 2.05) is 30.3 Å². The van der Waals surface area contributed by atoms with Gasteiger partial charge in [0.15, 0.2) is 6.10 Å². The van der Waals surface area contributed by atoms with Gasteiger partial charge in [-0.25, -0.2) is 8.42 Å². The zero-order chi connectivity index (χ0) is 22.7. The maximum atomic E-state index is 13.1. The minimum absolute atomic E-state index is 0.0271. The average Bonchev–Trinajstić information content (AvgIpc) is 2.80. The van der Waals surface area contributed by atoms with Crippen LogP contribution in [0.2, 0.25) is 0 Å². The van der Waals surface area contributed by atoms with Gasteiger partial charge in [-0.3, -0.25) is 9.59 Å². The van der Waals surface area contributed by atoms with Crippen molar-refractivity contribution in [1.82, 2.24) is 9.62 Å². The molecule has 2 heterocycles.